The standard InChI is InChI=1S/C16H22BrN3/c1-6-20-15(16(17)13(4)18-20)10-19(5)14-8-11(2)7-12(3)9-14/h7-9H,6,10H2,1-5H3. The van der Waals surface area contributed by atoms with E-state index in [1.807, 2.05) is 6.92 Å². The summed E-state index contributed by atoms with van der Waals surface area (Å²) in [5.41, 5.74) is 6.12. The van der Waals surface area contributed by atoms with Crippen LogP contribution in [0.1, 0.15) is 29.4 Å². The van der Waals surface area contributed by atoms with Gasteiger partial charge in [0, 0.05) is 19.3 Å². The highest BCUT2D eigenvalue weighted by Gasteiger charge is 2.14. The van der Waals surface area contributed by atoms with E-state index < -0.39 is 0 Å². The quantitative estimate of drug-likeness (QED) is 0.833. The summed E-state index contributed by atoms with van der Waals surface area (Å²) in [6, 6.07) is 6.65. The molecule has 0 N–H and O–H groups in total. The van der Waals surface area contributed by atoms with Crippen molar-refractivity contribution in [1.29, 1.82) is 0 Å². The van der Waals surface area contributed by atoms with Crippen LogP contribution >= 0.6 is 15.9 Å². The smallest absolute Gasteiger partial charge is 0.0739 e. The van der Waals surface area contributed by atoms with Gasteiger partial charge in [-0.25, -0.2) is 0 Å². The second-order valence-electron chi connectivity index (χ2n) is 5.36. The molecule has 0 atom stereocenters. The summed E-state index contributed by atoms with van der Waals surface area (Å²) in [5, 5.41) is 4.55. The van der Waals surface area contributed by atoms with Gasteiger partial charge >= 0.3 is 0 Å². The molecular weight excluding hydrogens is 314 g/mol. The molecule has 0 bridgehead atoms. The fourth-order valence-electron chi connectivity index (χ4n) is 2.51. The van der Waals surface area contributed by atoms with Crippen LogP contribution in [0.4, 0.5) is 5.69 Å². The SMILES string of the molecule is CCn1nc(C)c(Br)c1CN(C)c1cc(C)cc(C)c1. The van der Waals surface area contributed by atoms with Crippen molar-refractivity contribution in [3.63, 3.8) is 0 Å². The number of anilines is 1. The normalized spacial score (nSPS) is 10.9. The number of aryl methyl sites for hydroxylation is 4. The Morgan fingerprint density at radius 1 is 1.15 bits per heavy atom. The van der Waals surface area contributed by atoms with Crippen LogP contribution in [0.15, 0.2) is 22.7 Å². The van der Waals surface area contributed by atoms with Crippen LogP contribution in [0.2, 0.25) is 0 Å². The molecule has 3 nitrogen and oxygen atoms in total. The lowest BCUT2D eigenvalue weighted by molar-refractivity contribution is 0.612. The van der Waals surface area contributed by atoms with E-state index in [-0.39, 0.29) is 0 Å². The van der Waals surface area contributed by atoms with Gasteiger partial charge in [0.25, 0.3) is 0 Å². The highest BCUT2D eigenvalue weighted by Crippen LogP contribution is 2.25. The zero-order chi connectivity index (χ0) is 14.9. The molecule has 0 spiro atoms. The summed E-state index contributed by atoms with van der Waals surface area (Å²) in [6.45, 7) is 10.2. The molecule has 108 valence electrons. The van der Waals surface area contributed by atoms with Crippen molar-refractivity contribution in [3.05, 3.63) is 45.2 Å². The van der Waals surface area contributed by atoms with Crippen LogP contribution in [-0.2, 0) is 13.1 Å². The van der Waals surface area contributed by atoms with Gasteiger partial charge in [-0.1, -0.05) is 6.07 Å². The van der Waals surface area contributed by atoms with Gasteiger partial charge in [-0.05, 0) is 66.9 Å². The molecule has 1 aromatic heterocycles. The summed E-state index contributed by atoms with van der Waals surface area (Å²) in [7, 11) is 2.13. The number of halogens is 1. The third kappa shape index (κ3) is 3.06. The highest BCUT2D eigenvalue weighted by atomic mass is 79.9. The third-order valence-electron chi connectivity index (χ3n) is 3.49. The van der Waals surface area contributed by atoms with E-state index in [4.69, 9.17) is 0 Å². The highest BCUT2D eigenvalue weighted by molar-refractivity contribution is 9.10. The molecule has 0 amide bonds. The van der Waals surface area contributed by atoms with E-state index >= 15 is 0 Å². The topological polar surface area (TPSA) is 21.1 Å². The third-order valence-corrected chi connectivity index (χ3v) is 4.52. The average molecular weight is 336 g/mol. The summed E-state index contributed by atoms with van der Waals surface area (Å²) in [5.74, 6) is 0. The first-order valence-electron chi connectivity index (χ1n) is 6.93. The molecule has 0 unspecified atom stereocenters. The van der Waals surface area contributed by atoms with Crippen molar-refractivity contribution < 1.29 is 0 Å². The molecule has 0 radical (unpaired) electrons. The molecule has 0 aliphatic carbocycles. The van der Waals surface area contributed by atoms with E-state index in [1.165, 1.54) is 22.5 Å². The van der Waals surface area contributed by atoms with Crippen LogP contribution in [0.25, 0.3) is 0 Å². The number of benzene rings is 1. The number of aromatic nitrogens is 2. The predicted molar refractivity (Wildman–Crippen MR) is 88.4 cm³/mol. The second kappa shape index (κ2) is 6.00. The molecule has 20 heavy (non-hydrogen) atoms. The fraction of sp³-hybridized carbons (Fsp3) is 0.438. The van der Waals surface area contributed by atoms with Gasteiger partial charge in [0.1, 0.15) is 0 Å². The van der Waals surface area contributed by atoms with Crippen LogP contribution in [0.3, 0.4) is 0 Å². The number of hydrogen-bond donors (Lipinski definition) is 0. The molecule has 4 heteroatoms. The van der Waals surface area contributed by atoms with Crippen LogP contribution in [-0.4, -0.2) is 16.8 Å². The van der Waals surface area contributed by atoms with E-state index in [2.05, 4.69) is 76.6 Å². The zero-order valence-corrected chi connectivity index (χ0v) is 14.5. The summed E-state index contributed by atoms with van der Waals surface area (Å²) < 4.78 is 3.19. The minimum Gasteiger partial charge on any atom is -0.369 e. The van der Waals surface area contributed by atoms with Gasteiger partial charge in [0.05, 0.1) is 22.4 Å². The number of rotatable bonds is 4. The summed E-state index contributed by atoms with van der Waals surface area (Å²) >= 11 is 3.66. The van der Waals surface area contributed by atoms with Gasteiger partial charge in [0.2, 0.25) is 0 Å². The Labute approximate surface area is 129 Å². The largest absolute Gasteiger partial charge is 0.369 e. The first-order valence-corrected chi connectivity index (χ1v) is 7.73. The first kappa shape index (κ1) is 15.1. The minimum atomic E-state index is 0.845. The van der Waals surface area contributed by atoms with Gasteiger partial charge < -0.3 is 4.90 Å². The molecule has 0 fully saturated rings. The van der Waals surface area contributed by atoms with E-state index in [0.717, 1.165) is 23.3 Å². The molecule has 0 saturated heterocycles. The minimum absolute atomic E-state index is 0.845. The van der Waals surface area contributed by atoms with Crippen molar-refractivity contribution in [1.82, 2.24) is 9.78 Å². The Balaban J connectivity index is 2.29. The maximum absolute atomic E-state index is 4.55. The lowest BCUT2D eigenvalue weighted by Gasteiger charge is -2.21. The van der Waals surface area contributed by atoms with Gasteiger partial charge in [0.15, 0.2) is 0 Å². The summed E-state index contributed by atoms with van der Waals surface area (Å²) in [6.07, 6.45) is 0. The predicted octanol–water partition coefficient (Wildman–Crippen LogP) is 4.23. The van der Waals surface area contributed by atoms with Crippen LogP contribution in [0.5, 0.6) is 0 Å². The Kier molecular flexibility index (Phi) is 4.53. The Bertz CT molecular complexity index is 596. The van der Waals surface area contributed by atoms with Gasteiger partial charge in [-0.15, -0.1) is 0 Å². The van der Waals surface area contributed by atoms with Gasteiger partial charge in [-0.2, -0.15) is 5.10 Å². The lowest BCUT2D eigenvalue weighted by Crippen LogP contribution is -2.19. The van der Waals surface area contributed by atoms with Crippen molar-refractivity contribution in [2.24, 2.45) is 0 Å². The Morgan fingerprint density at radius 2 is 1.75 bits per heavy atom. The number of hydrogen-bond acceptors (Lipinski definition) is 2. The number of nitrogens with zero attached hydrogens (tertiary/aromatic N) is 3. The zero-order valence-electron chi connectivity index (χ0n) is 12.9. The van der Waals surface area contributed by atoms with E-state index in [1.54, 1.807) is 0 Å². The molecule has 1 heterocycles. The molecule has 2 rings (SSSR count). The Morgan fingerprint density at radius 3 is 2.30 bits per heavy atom. The molecule has 0 saturated carbocycles. The fourth-order valence-corrected chi connectivity index (χ4v) is 2.92. The second-order valence-corrected chi connectivity index (χ2v) is 6.16. The van der Waals surface area contributed by atoms with Crippen molar-refractivity contribution >= 4 is 21.6 Å². The maximum Gasteiger partial charge on any atom is 0.0739 e. The van der Waals surface area contributed by atoms with Gasteiger partial charge in [-0.3, -0.25) is 4.68 Å². The van der Waals surface area contributed by atoms with E-state index in [9.17, 15) is 0 Å². The monoisotopic (exact) mass is 335 g/mol. The van der Waals surface area contributed by atoms with Crippen molar-refractivity contribution in [3.8, 4) is 0 Å². The lowest BCUT2D eigenvalue weighted by atomic mass is 10.1. The molecular formula is C16H22BrN3. The molecule has 1 aromatic carbocycles. The maximum atomic E-state index is 4.55. The van der Waals surface area contributed by atoms with Crippen LogP contribution in [0, 0.1) is 20.8 Å². The average Bonchev–Trinajstić information content (AvgIpc) is 2.65. The van der Waals surface area contributed by atoms with Crippen LogP contribution < -0.4 is 4.90 Å². The molecule has 2 aromatic rings. The summed E-state index contributed by atoms with van der Waals surface area (Å²) in [4.78, 5) is 2.27. The molecule has 0 aliphatic heterocycles. The van der Waals surface area contributed by atoms with Crippen molar-refractivity contribution in [2.45, 2.75) is 40.8 Å². The Hall–Kier alpha value is -1.29. The first-order chi connectivity index (χ1) is 9.42. The van der Waals surface area contributed by atoms with E-state index in [0.29, 0.717) is 0 Å². The van der Waals surface area contributed by atoms with Crippen molar-refractivity contribution in [2.75, 3.05) is 11.9 Å². The molecule has 0 aliphatic rings.